The van der Waals surface area contributed by atoms with Crippen LogP contribution in [0.4, 0.5) is 0 Å². The molecule has 0 saturated heterocycles. The molecule has 0 aromatic rings. The van der Waals surface area contributed by atoms with Crippen molar-refractivity contribution in [3.8, 4) is 0 Å². The first-order chi connectivity index (χ1) is 5.72. The Morgan fingerprint density at radius 1 is 1.42 bits per heavy atom. The highest BCUT2D eigenvalue weighted by Gasteiger charge is 2.38. The van der Waals surface area contributed by atoms with Crippen molar-refractivity contribution in [3.63, 3.8) is 0 Å². The molecule has 1 saturated carbocycles. The van der Waals surface area contributed by atoms with E-state index in [0.29, 0.717) is 0 Å². The van der Waals surface area contributed by atoms with Gasteiger partial charge in [-0.05, 0) is 31.1 Å². The molecule has 2 rings (SSSR count). The molecule has 2 atom stereocenters. The van der Waals surface area contributed by atoms with Gasteiger partial charge < -0.3 is 4.74 Å². The minimum atomic E-state index is -0.0978. The lowest BCUT2D eigenvalue weighted by molar-refractivity contribution is -0.136. The number of hydrogen-bond acceptors (Lipinski definition) is 2. The predicted molar refractivity (Wildman–Crippen MR) is 45.5 cm³/mol. The zero-order valence-corrected chi connectivity index (χ0v) is 7.59. The van der Waals surface area contributed by atoms with Gasteiger partial charge in [-0.2, -0.15) is 0 Å². The van der Waals surface area contributed by atoms with Crippen LogP contribution in [0, 0.1) is 11.8 Å². The summed E-state index contributed by atoms with van der Waals surface area (Å²) in [6.07, 6.45) is 3.23. The van der Waals surface area contributed by atoms with Crippen LogP contribution in [0.2, 0.25) is 0 Å². The molecule has 0 spiro atoms. The van der Waals surface area contributed by atoms with Gasteiger partial charge in [-0.15, -0.1) is 0 Å². The van der Waals surface area contributed by atoms with E-state index < -0.39 is 0 Å². The van der Waals surface area contributed by atoms with Gasteiger partial charge in [-0.1, -0.05) is 12.5 Å². The topological polar surface area (TPSA) is 26.3 Å². The normalized spacial score (nSPS) is 32.8. The van der Waals surface area contributed by atoms with Gasteiger partial charge in [0, 0.05) is 5.57 Å². The molecule has 0 N–H and O–H groups in total. The number of esters is 1. The van der Waals surface area contributed by atoms with Crippen LogP contribution in [0.3, 0.4) is 0 Å². The Bertz CT molecular complexity index is 253. The minimum Gasteiger partial charge on any atom is -0.466 e. The Morgan fingerprint density at radius 3 is 2.58 bits per heavy atom. The third kappa shape index (κ3) is 0.977. The Labute approximate surface area is 72.6 Å². The molecule has 2 nitrogen and oxygen atoms in total. The van der Waals surface area contributed by atoms with Crippen LogP contribution in [0.15, 0.2) is 11.1 Å². The smallest absolute Gasteiger partial charge is 0.333 e. The zero-order chi connectivity index (χ0) is 8.72. The van der Waals surface area contributed by atoms with E-state index in [-0.39, 0.29) is 5.97 Å². The molecule has 0 radical (unpaired) electrons. The van der Waals surface area contributed by atoms with Crippen LogP contribution < -0.4 is 0 Å². The van der Waals surface area contributed by atoms with E-state index in [1.807, 2.05) is 0 Å². The molecule has 2 bridgehead atoms. The van der Waals surface area contributed by atoms with Crippen LogP contribution in [-0.2, 0) is 9.53 Å². The Balaban J connectivity index is 2.20. The fourth-order valence-electron chi connectivity index (χ4n) is 2.43. The number of hydrogen-bond donors (Lipinski definition) is 0. The van der Waals surface area contributed by atoms with Gasteiger partial charge >= 0.3 is 5.97 Å². The first-order valence-electron chi connectivity index (χ1n) is 4.51. The summed E-state index contributed by atoms with van der Waals surface area (Å²) in [4.78, 5) is 11.2. The summed E-state index contributed by atoms with van der Waals surface area (Å²) in [6.45, 7) is 2.27. The average Bonchev–Trinajstić information content (AvgIpc) is 2.60. The summed E-state index contributed by atoms with van der Waals surface area (Å²) in [6, 6.07) is 0. The van der Waals surface area contributed by atoms with E-state index in [2.05, 4.69) is 6.92 Å². The Morgan fingerprint density at radius 2 is 2.17 bits per heavy atom. The van der Waals surface area contributed by atoms with Gasteiger partial charge in [-0.3, -0.25) is 0 Å². The monoisotopic (exact) mass is 166 g/mol. The second kappa shape index (κ2) is 2.61. The Kier molecular flexibility index (Phi) is 1.71. The van der Waals surface area contributed by atoms with Crippen molar-refractivity contribution >= 4 is 5.97 Å². The molecule has 12 heavy (non-hydrogen) atoms. The van der Waals surface area contributed by atoms with Gasteiger partial charge in [0.25, 0.3) is 0 Å². The molecule has 2 aliphatic rings. The molecule has 2 aliphatic carbocycles. The van der Waals surface area contributed by atoms with Crippen LogP contribution in [-0.4, -0.2) is 13.1 Å². The molecule has 0 aromatic carbocycles. The lowest BCUT2D eigenvalue weighted by Gasteiger charge is -2.16. The number of carbonyl (C=O) groups is 1. The predicted octanol–water partition coefficient (Wildman–Crippen LogP) is 1.91. The molecule has 0 amide bonds. The number of rotatable bonds is 1. The molecule has 0 heterocycles. The molecule has 0 aliphatic heterocycles. The number of allylic oxidation sites excluding steroid dienone is 1. The number of fused-ring (bicyclic) bond motifs is 2. The first-order valence-corrected chi connectivity index (χ1v) is 4.51. The summed E-state index contributed by atoms with van der Waals surface area (Å²) in [5.74, 6) is 1.42. The number of ether oxygens (including phenoxy) is 1. The van der Waals surface area contributed by atoms with Gasteiger partial charge in [0.05, 0.1) is 7.11 Å². The quantitative estimate of drug-likeness (QED) is 0.556. The molecular weight excluding hydrogens is 152 g/mol. The SMILES string of the molecule is COC(=O)C1=C2CC(C)C(C2)C1. The minimum absolute atomic E-state index is 0.0978. The van der Waals surface area contributed by atoms with E-state index in [4.69, 9.17) is 4.74 Å². The van der Waals surface area contributed by atoms with E-state index in [1.54, 1.807) is 0 Å². The van der Waals surface area contributed by atoms with E-state index in [1.165, 1.54) is 12.7 Å². The van der Waals surface area contributed by atoms with Crippen molar-refractivity contribution in [1.29, 1.82) is 0 Å². The highest BCUT2D eigenvalue weighted by Crippen LogP contribution is 2.47. The highest BCUT2D eigenvalue weighted by molar-refractivity contribution is 5.90. The van der Waals surface area contributed by atoms with Crippen LogP contribution >= 0.6 is 0 Å². The maximum absolute atomic E-state index is 11.2. The summed E-state index contributed by atoms with van der Waals surface area (Å²) in [7, 11) is 1.46. The lowest BCUT2D eigenvalue weighted by Crippen LogP contribution is -2.12. The largest absolute Gasteiger partial charge is 0.466 e. The molecule has 2 unspecified atom stereocenters. The van der Waals surface area contributed by atoms with Gasteiger partial charge in [-0.25, -0.2) is 4.79 Å². The van der Waals surface area contributed by atoms with Crippen molar-refractivity contribution in [3.05, 3.63) is 11.1 Å². The summed E-state index contributed by atoms with van der Waals surface area (Å²) in [5.41, 5.74) is 2.33. The van der Waals surface area contributed by atoms with E-state index in [0.717, 1.165) is 36.7 Å². The maximum Gasteiger partial charge on any atom is 0.333 e. The second-order valence-electron chi connectivity index (χ2n) is 3.92. The third-order valence-corrected chi connectivity index (χ3v) is 3.21. The number of methoxy groups -OCH3 is 1. The zero-order valence-electron chi connectivity index (χ0n) is 7.59. The van der Waals surface area contributed by atoms with Crippen molar-refractivity contribution in [2.75, 3.05) is 7.11 Å². The van der Waals surface area contributed by atoms with Gasteiger partial charge in [0.2, 0.25) is 0 Å². The summed E-state index contributed by atoms with van der Waals surface area (Å²) >= 11 is 0. The lowest BCUT2D eigenvalue weighted by atomic mass is 9.90. The molecule has 66 valence electrons. The maximum atomic E-state index is 11.2. The van der Waals surface area contributed by atoms with Crippen LogP contribution in [0.25, 0.3) is 0 Å². The van der Waals surface area contributed by atoms with E-state index in [9.17, 15) is 4.79 Å². The van der Waals surface area contributed by atoms with Gasteiger partial charge in [0.1, 0.15) is 0 Å². The van der Waals surface area contributed by atoms with Crippen LogP contribution in [0.1, 0.15) is 26.2 Å². The fourth-order valence-corrected chi connectivity index (χ4v) is 2.43. The van der Waals surface area contributed by atoms with Crippen LogP contribution in [0.5, 0.6) is 0 Å². The first kappa shape index (κ1) is 7.84. The molecule has 2 heteroatoms. The van der Waals surface area contributed by atoms with E-state index >= 15 is 0 Å². The number of carbonyl (C=O) groups excluding carboxylic acids is 1. The highest BCUT2D eigenvalue weighted by atomic mass is 16.5. The average molecular weight is 166 g/mol. The molecule has 0 aromatic heterocycles. The summed E-state index contributed by atoms with van der Waals surface area (Å²) in [5, 5.41) is 0. The molecule has 1 fully saturated rings. The second-order valence-corrected chi connectivity index (χ2v) is 3.92. The molecular formula is C10H14O2. The Hall–Kier alpha value is -0.790. The standard InChI is InChI=1S/C10H14O2/c1-6-3-8-4-7(6)5-9(8)10(11)12-2/h6-7H,3-5H2,1-2H3. The van der Waals surface area contributed by atoms with Crippen molar-refractivity contribution < 1.29 is 9.53 Å². The summed E-state index contributed by atoms with van der Waals surface area (Å²) < 4.78 is 4.73. The fraction of sp³-hybridized carbons (Fsp3) is 0.700. The van der Waals surface area contributed by atoms with Crippen molar-refractivity contribution in [2.24, 2.45) is 11.8 Å². The van der Waals surface area contributed by atoms with Gasteiger partial charge in [0.15, 0.2) is 0 Å². The van der Waals surface area contributed by atoms with Crippen molar-refractivity contribution in [2.45, 2.75) is 26.2 Å². The van der Waals surface area contributed by atoms with Crippen molar-refractivity contribution in [1.82, 2.24) is 0 Å². The third-order valence-electron chi connectivity index (χ3n) is 3.21.